The number of amides is 1. The van der Waals surface area contributed by atoms with Crippen molar-refractivity contribution in [3.8, 4) is 0 Å². The summed E-state index contributed by atoms with van der Waals surface area (Å²) in [4.78, 5) is 12.5. The normalized spacial score (nSPS) is 12.2. The molecule has 0 heterocycles. The van der Waals surface area contributed by atoms with Crippen molar-refractivity contribution in [3.05, 3.63) is 88.4 Å². The van der Waals surface area contributed by atoms with E-state index < -0.39 is 16.1 Å². The van der Waals surface area contributed by atoms with E-state index in [-0.39, 0.29) is 26.5 Å². The molecule has 30 heavy (non-hydrogen) atoms. The van der Waals surface area contributed by atoms with Crippen molar-refractivity contribution in [1.82, 2.24) is 0 Å². The Kier molecular flexibility index (Phi) is 6.99. The predicted octanol–water partition coefficient (Wildman–Crippen LogP) is 5.12. The zero-order valence-electron chi connectivity index (χ0n) is 15.8. The molecule has 1 amide bonds. The second kappa shape index (κ2) is 9.49. The zero-order valence-corrected chi connectivity index (χ0v) is 18.1. The van der Waals surface area contributed by atoms with Crippen LogP contribution in [0.2, 0.25) is 10.0 Å². The summed E-state index contributed by atoms with van der Waals surface area (Å²) >= 11 is 12.0. The second-order valence-electron chi connectivity index (χ2n) is 6.25. The van der Waals surface area contributed by atoms with Gasteiger partial charge < -0.3 is 10.1 Å². The molecule has 1 unspecified atom stereocenters. The Morgan fingerprint density at radius 1 is 0.933 bits per heavy atom. The molecule has 0 aliphatic carbocycles. The Morgan fingerprint density at radius 2 is 1.60 bits per heavy atom. The maximum Gasteiger partial charge on any atom is 0.261 e. The third-order valence-electron chi connectivity index (χ3n) is 4.20. The number of carbonyl (C=O) groups is 1. The lowest BCUT2D eigenvalue weighted by Gasteiger charge is -2.16. The van der Waals surface area contributed by atoms with Crippen LogP contribution in [-0.4, -0.2) is 21.4 Å². The van der Waals surface area contributed by atoms with Gasteiger partial charge in [0.05, 0.1) is 20.6 Å². The molecule has 0 spiro atoms. The summed E-state index contributed by atoms with van der Waals surface area (Å²) in [5.74, 6) is -0.372. The molecule has 0 bridgehead atoms. The Bertz CT molecular complexity index is 1140. The van der Waals surface area contributed by atoms with E-state index in [4.69, 9.17) is 27.9 Å². The molecule has 0 aliphatic rings. The lowest BCUT2D eigenvalue weighted by Crippen LogP contribution is -2.22. The van der Waals surface area contributed by atoms with Crippen LogP contribution < -0.4 is 10.0 Å². The maximum atomic E-state index is 12.6. The predicted molar refractivity (Wildman–Crippen MR) is 119 cm³/mol. The second-order valence-corrected chi connectivity index (χ2v) is 8.71. The van der Waals surface area contributed by atoms with Crippen molar-refractivity contribution < 1.29 is 17.9 Å². The van der Waals surface area contributed by atoms with Gasteiger partial charge in [-0.3, -0.25) is 9.52 Å². The first-order valence-electron chi connectivity index (χ1n) is 8.77. The lowest BCUT2D eigenvalue weighted by atomic mass is 10.1. The molecular formula is C21H18Cl2N2O4S. The first-order valence-corrected chi connectivity index (χ1v) is 11.0. The van der Waals surface area contributed by atoms with Crippen molar-refractivity contribution in [1.29, 1.82) is 0 Å². The van der Waals surface area contributed by atoms with Gasteiger partial charge in [-0.2, -0.15) is 0 Å². The Labute approximate surface area is 184 Å². The molecule has 1 atom stereocenters. The number of carbonyl (C=O) groups excluding carboxylic acids is 1. The number of hydrogen-bond donors (Lipinski definition) is 2. The Hall–Kier alpha value is -2.58. The minimum absolute atomic E-state index is 0.00268. The fourth-order valence-electron chi connectivity index (χ4n) is 2.73. The average Bonchev–Trinajstić information content (AvgIpc) is 2.73. The van der Waals surface area contributed by atoms with E-state index in [0.717, 1.165) is 0 Å². The minimum atomic E-state index is -3.89. The molecule has 0 saturated carbocycles. The number of hydrogen-bond acceptors (Lipinski definition) is 4. The highest BCUT2D eigenvalue weighted by atomic mass is 35.5. The van der Waals surface area contributed by atoms with Crippen molar-refractivity contribution >= 4 is 50.5 Å². The first kappa shape index (κ1) is 22.1. The monoisotopic (exact) mass is 464 g/mol. The Balaban J connectivity index is 1.74. The number of halogens is 2. The average molecular weight is 465 g/mol. The highest BCUT2D eigenvalue weighted by Gasteiger charge is 2.21. The standard InChI is InChI=1S/C21H18Cl2N2O4S/c1-29-20(14-6-3-2-4-7-14)21(26)24-15-10-12-16(13-11-15)30(27,28)25-18-9-5-8-17(22)19(18)23/h2-13,20,25H,1H3,(H,24,26). The van der Waals surface area contributed by atoms with Gasteiger partial charge in [0.1, 0.15) is 0 Å². The van der Waals surface area contributed by atoms with E-state index in [1.165, 1.54) is 37.4 Å². The minimum Gasteiger partial charge on any atom is -0.367 e. The van der Waals surface area contributed by atoms with Gasteiger partial charge in [0.15, 0.2) is 6.10 Å². The molecular weight excluding hydrogens is 447 g/mol. The summed E-state index contributed by atoms with van der Waals surface area (Å²) in [6.45, 7) is 0. The van der Waals surface area contributed by atoms with Crippen molar-refractivity contribution in [3.63, 3.8) is 0 Å². The van der Waals surface area contributed by atoms with Gasteiger partial charge in [0.2, 0.25) is 0 Å². The molecule has 3 aromatic carbocycles. The van der Waals surface area contributed by atoms with Crippen molar-refractivity contribution in [2.75, 3.05) is 17.1 Å². The van der Waals surface area contributed by atoms with Gasteiger partial charge in [-0.05, 0) is 42.0 Å². The van der Waals surface area contributed by atoms with Gasteiger partial charge in [0.25, 0.3) is 15.9 Å². The number of sulfonamides is 1. The Morgan fingerprint density at radius 3 is 2.23 bits per heavy atom. The summed E-state index contributed by atoms with van der Waals surface area (Å²) in [5, 5.41) is 3.07. The summed E-state index contributed by atoms with van der Waals surface area (Å²) in [6.07, 6.45) is -0.791. The van der Waals surface area contributed by atoms with Gasteiger partial charge in [0, 0.05) is 12.8 Å². The van der Waals surface area contributed by atoms with E-state index in [1.807, 2.05) is 18.2 Å². The van der Waals surface area contributed by atoms with Crippen LogP contribution in [0.1, 0.15) is 11.7 Å². The summed E-state index contributed by atoms with van der Waals surface area (Å²) in [7, 11) is -2.45. The highest BCUT2D eigenvalue weighted by Crippen LogP contribution is 2.31. The van der Waals surface area contributed by atoms with Crippen LogP contribution in [0.15, 0.2) is 77.7 Å². The van der Waals surface area contributed by atoms with Crippen LogP contribution in [0.4, 0.5) is 11.4 Å². The summed E-state index contributed by atoms with van der Waals surface area (Å²) < 4.78 is 32.9. The van der Waals surface area contributed by atoms with E-state index >= 15 is 0 Å². The van der Waals surface area contributed by atoms with Gasteiger partial charge in [-0.15, -0.1) is 0 Å². The number of rotatable bonds is 7. The van der Waals surface area contributed by atoms with E-state index in [1.54, 1.807) is 24.3 Å². The maximum absolute atomic E-state index is 12.6. The topological polar surface area (TPSA) is 84.5 Å². The van der Waals surface area contributed by atoms with Gasteiger partial charge >= 0.3 is 0 Å². The van der Waals surface area contributed by atoms with Crippen molar-refractivity contribution in [2.45, 2.75) is 11.0 Å². The summed E-state index contributed by atoms with van der Waals surface area (Å²) in [5.41, 5.74) is 1.31. The van der Waals surface area contributed by atoms with Gasteiger partial charge in [-0.1, -0.05) is 59.6 Å². The SMILES string of the molecule is COC(C(=O)Nc1ccc(S(=O)(=O)Nc2cccc(Cl)c2Cl)cc1)c1ccccc1. The molecule has 2 N–H and O–H groups in total. The molecule has 3 aromatic rings. The molecule has 156 valence electrons. The third kappa shape index (κ3) is 5.12. The quantitative estimate of drug-likeness (QED) is 0.507. The number of anilines is 2. The van der Waals surface area contributed by atoms with E-state index in [0.29, 0.717) is 11.3 Å². The fraction of sp³-hybridized carbons (Fsp3) is 0.0952. The van der Waals surface area contributed by atoms with Gasteiger partial charge in [-0.25, -0.2) is 8.42 Å². The smallest absolute Gasteiger partial charge is 0.261 e. The third-order valence-corrected chi connectivity index (χ3v) is 6.40. The molecule has 3 rings (SSSR count). The lowest BCUT2D eigenvalue weighted by molar-refractivity contribution is -0.126. The van der Waals surface area contributed by atoms with Crippen LogP contribution in [0, 0.1) is 0 Å². The zero-order chi connectivity index (χ0) is 21.7. The first-order chi connectivity index (χ1) is 14.3. The fourth-order valence-corrected chi connectivity index (χ4v) is 4.21. The molecule has 0 saturated heterocycles. The number of benzene rings is 3. The summed E-state index contributed by atoms with van der Waals surface area (Å²) in [6, 6.07) is 19.4. The molecule has 9 heteroatoms. The molecule has 6 nitrogen and oxygen atoms in total. The van der Waals surface area contributed by atoms with Crippen LogP contribution in [0.5, 0.6) is 0 Å². The molecule has 0 fully saturated rings. The van der Waals surface area contributed by atoms with Crippen LogP contribution in [-0.2, 0) is 19.6 Å². The van der Waals surface area contributed by atoms with Crippen molar-refractivity contribution in [2.24, 2.45) is 0 Å². The molecule has 0 aliphatic heterocycles. The highest BCUT2D eigenvalue weighted by molar-refractivity contribution is 7.92. The van der Waals surface area contributed by atoms with E-state index in [2.05, 4.69) is 10.0 Å². The largest absolute Gasteiger partial charge is 0.367 e. The number of nitrogens with one attached hydrogen (secondary N) is 2. The number of ether oxygens (including phenoxy) is 1. The van der Waals surface area contributed by atoms with Crippen LogP contribution in [0.3, 0.4) is 0 Å². The molecule has 0 radical (unpaired) electrons. The van der Waals surface area contributed by atoms with Crippen LogP contribution >= 0.6 is 23.2 Å². The number of methoxy groups -OCH3 is 1. The van der Waals surface area contributed by atoms with Crippen LogP contribution in [0.25, 0.3) is 0 Å². The molecule has 0 aromatic heterocycles. The van der Waals surface area contributed by atoms with E-state index in [9.17, 15) is 13.2 Å².